The van der Waals surface area contributed by atoms with Gasteiger partial charge in [-0.15, -0.1) is 0 Å². The van der Waals surface area contributed by atoms with Gasteiger partial charge in [-0.2, -0.15) is 13.2 Å². The van der Waals surface area contributed by atoms with Crippen LogP contribution in [0.2, 0.25) is 0 Å². The summed E-state index contributed by atoms with van der Waals surface area (Å²) in [4.78, 5) is 24.9. The van der Waals surface area contributed by atoms with E-state index in [1.165, 1.54) is 19.2 Å². The number of ether oxygens (including phenoxy) is 1. The van der Waals surface area contributed by atoms with E-state index in [4.69, 9.17) is 4.74 Å². The minimum Gasteiger partial charge on any atom is -0.497 e. The van der Waals surface area contributed by atoms with E-state index in [9.17, 15) is 22.8 Å². The maximum absolute atomic E-state index is 12.7. The van der Waals surface area contributed by atoms with Crippen LogP contribution in [0.5, 0.6) is 5.75 Å². The Hall–Kier alpha value is -3.47. The lowest BCUT2D eigenvalue weighted by Gasteiger charge is -2.21. The Morgan fingerprint density at radius 1 is 1.10 bits per heavy atom. The number of hydrogen-bond acceptors (Lipinski definition) is 3. The van der Waals surface area contributed by atoms with Gasteiger partial charge in [-0.3, -0.25) is 9.59 Å². The van der Waals surface area contributed by atoms with Gasteiger partial charge in [-0.05, 0) is 48.4 Å². The highest BCUT2D eigenvalue weighted by atomic mass is 19.4. The molecule has 0 heterocycles. The summed E-state index contributed by atoms with van der Waals surface area (Å²) in [6.07, 6.45) is -4.45. The van der Waals surface area contributed by atoms with Gasteiger partial charge in [-0.25, -0.2) is 0 Å². The van der Waals surface area contributed by atoms with Gasteiger partial charge >= 0.3 is 6.18 Å². The molecule has 0 radical (unpaired) electrons. The lowest BCUT2D eigenvalue weighted by atomic mass is 10.0. The molecular weight excluding hydrogens is 409 g/mol. The Balaban J connectivity index is 1.97. The lowest BCUT2D eigenvalue weighted by Crippen LogP contribution is -2.49. The van der Waals surface area contributed by atoms with Crippen LogP contribution in [0, 0.1) is 17.8 Å². The lowest BCUT2D eigenvalue weighted by molar-refractivity contribution is -0.137. The van der Waals surface area contributed by atoms with Gasteiger partial charge in [0.15, 0.2) is 0 Å². The van der Waals surface area contributed by atoms with Crippen molar-refractivity contribution in [3.63, 3.8) is 0 Å². The highest BCUT2D eigenvalue weighted by molar-refractivity contribution is 5.97. The molecule has 0 aromatic heterocycles. The van der Waals surface area contributed by atoms with E-state index in [0.717, 1.165) is 12.1 Å². The molecule has 2 N–H and O–H groups in total. The molecule has 0 fully saturated rings. The molecule has 0 spiro atoms. The standard InChI is InChI=1S/C23H23F3N2O3/c1-15(2)20(28-21(29)17-9-11-19(31-3)12-10-17)22(30)27-13-5-7-16-6-4-8-18(14-16)23(24,25)26/h4,6,8-12,14-15,20H,13H2,1-3H3,(H,27,30)(H,28,29). The third-order valence-electron chi connectivity index (χ3n) is 4.36. The summed E-state index contributed by atoms with van der Waals surface area (Å²) < 4.78 is 43.3. The highest BCUT2D eigenvalue weighted by Gasteiger charge is 2.30. The number of benzene rings is 2. The molecule has 2 amide bonds. The van der Waals surface area contributed by atoms with Gasteiger partial charge in [0.1, 0.15) is 11.8 Å². The number of nitrogens with one attached hydrogen (secondary N) is 2. The fourth-order valence-electron chi connectivity index (χ4n) is 2.66. The number of halogens is 3. The first-order chi connectivity index (χ1) is 14.6. The largest absolute Gasteiger partial charge is 0.497 e. The number of rotatable bonds is 6. The summed E-state index contributed by atoms with van der Waals surface area (Å²) in [5.41, 5.74) is -0.217. The van der Waals surface area contributed by atoms with Gasteiger partial charge in [-0.1, -0.05) is 31.8 Å². The molecule has 0 aliphatic rings. The highest BCUT2D eigenvalue weighted by Crippen LogP contribution is 2.29. The topological polar surface area (TPSA) is 67.4 Å². The Bertz CT molecular complexity index is 974. The van der Waals surface area contributed by atoms with Crippen molar-refractivity contribution in [2.45, 2.75) is 26.1 Å². The molecule has 0 aliphatic carbocycles. The van der Waals surface area contributed by atoms with Gasteiger partial charge in [0.05, 0.1) is 19.2 Å². The van der Waals surface area contributed by atoms with Crippen molar-refractivity contribution >= 4 is 11.8 Å². The SMILES string of the molecule is COc1ccc(C(=O)NC(C(=O)NCC#Cc2cccc(C(F)(F)F)c2)C(C)C)cc1. The molecule has 2 aromatic rings. The normalized spacial score (nSPS) is 11.8. The van der Waals surface area contributed by atoms with E-state index in [1.54, 1.807) is 38.1 Å². The number of methoxy groups -OCH3 is 1. The molecule has 0 saturated carbocycles. The predicted octanol–water partition coefficient (Wildman–Crippen LogP) is 3.64. The average molecular weight is 432 g/mol. The molecular formula is C23H23F3N2O3. The minimum absolute atomic E-state index is 0.0727. The van der Waals surface area contributed by atoms with E-state index < -0.39 is 29.6 Å². The van der Waals surface area contributed by atoms with Crippen molar-refractivity contribution < 1.29 is 27.5 Å². The van der Waals surface area contributed by atoms with Crippen LogP contribution < -0.4 is 15.4 Å². The summed E-state index contributed by atoms with van der Waals surface area (Å²) in [5.74, 6) is 4.79. The van der Waals surface area contributed by atoms with Crippen molar-refractivity contribution in [1.29, 1.82) is 0 Å². The van der Waals surface area contributed by atoms with Crippen molar-refractivity contribution in [3.05, 3.63) is 65.2 Å². The summed E-state index contributed by atoms with van der Waals surface area (Å²) in [6.45, 7) is 3.50. The Morgan fingerprint density at radius 2 is 1.77 bits per heavy atom. The molecule has 0 bridgehead atoms. The van der Waals surface area contributed by atoms with Gasteiger partial charge in [0.25, 0.3) is 5.91 Å². The van der Waals surface area contributed by atoms with Crippen LogP contribution in [0.15, 0.2) is 48.5 Å². The zero-order chi connectivity index (χ0) is 23.0. The van der Waals surface area contributed by atoms with Crippen LogP contribution in [0.25, 0.3) is 0 Å². The number of carbonyl (C=O) groups is 2. The average Bonchev–Trinajstić information content (AvgIpc) is 2.74. The van der Waals surface area contributed by atoms with Crippen molar-refractivity contribution in [3.8, 4) is 17.6 Å². The third kappa shape index (κ3) is 7.07. The number of alkyl halides is 3. The molecule has 1 atom stereocenters. The third-order valence-corrected chi connectivity index (χ3v) is 4.36. The molecule has 31 heavy (non-hydrogen) atoms. The van der Waals surface area contributed by atoms with Gasteiger partial charge in [0, 0.05) is 11.1 Å². The molecule has 1 unspecified atom stereocenters. The number of carbonyl (C=O) groups excluding carboxylic acids is 2. The summed E-state index contributed by atoms with van der Waals surface area (Å²) in [5, 5.41) is 5.27. The van der Waals surface area contributed by atoms with Crippen molar-refractivity contribution in [1.82, 2.24) is 10.6 Å². The first-order valence-corrected chi connectivity index (χ1v) is 9.50. The van der Waals surface area contributed by atoms with E-state index in [1.807, 2.05) is 0 Å². The smallest absolute Gasteiger partial charge is 0.416 e. The first-order valence-electron chi connectivity index (χ1n) is 9.50. The molecule has 5 nitrogen and oxygen atoms in total. The van der Waals surface area contributed by atoms with Gasteiger partial charge in [0.2, 0.25) is 5.91 Å². The first kappa shape index (κ1) is 23.8. The van der Waals surface area contributed by atoms with Crippen LogP contribution in [0.3, 0.4) is 0 Å². The van der Waals surface area contributed by atoms with E-state index in [0.29, 0.717) is 11.3 Å². The van der Waals surface area contributed by atoms with Crippen LogP contribution in [-0.4, -0.2) is 31.5 Å². The van der Waals surface area contributed by atoms with Crippen molar-refractivity contribution in [2.24, 2.45) is 5.92 Å². The fraction of sp³-hybridized carbons (Fsp3) is 0.304. The van der Waals surface area contributed by atoms with E-state index >= 15 is 0 Å². The zero-order valence-corrected chi connectivity index (χ0v) is 17.3. The Labute approximate surface area is 179 Å². The van der Waals surface area contributed by atoms with E-state index in [2.05, 4.69) is 22.5 Å². The summed E-state index contributed by atoms with van der Waals surface area (Å²) in [7, 11) is 1.52. The summed E-state index contributed by atoms with van der Waals surface area (Å²) in [6, 6.07) is 10.3. The van der Waals surface area contributed by atoms with Crippen molar-refractivity contribution in [2.75, 3.05) is 13.7 Å². The van der Waals surface area contributed by atoms with Gasteiger partial charge < -0.3 is 15.4 Å². The van der Waals surface area contributed by atoms with Crippen LogP contribution in [0.1, 0.15) is 35.3 Å². The molecule has 2 aromatic carbocycles. The monoisotopic (exact) mass is 432 g/mol. The maximum atomic E-state index is 12.7. The second-order valence-corrected chi connectivity index (χ2v) is 7.02. The van der Waals surface area contributed by atoms with Crippen LogP contribution >= 0.6 is 0 Å². The minimum atomic E-state index is -4.45. The Morgan fingerprint density at radius 3 is 2.35 bits per heavy atom. The molecule has 0 aliphatic heterocycles. The quantitative estimate of drug-likeness (QED) is 0.685. The second kappa shape index (κ2) is 10.5. The molecule has 164 valence electrons. The predicted molar refractivity (Wildman–Crippen MR) is 110 cm³/mol. The fourth-order valence-corrected chi connectivity index (χ4v) is 2.66. The van der Waals surface area contributed by atoms with Crippen LogP contribution in [-0.2, 0) is 11.0 Å². The number of amides is 2. The second-order valence-electron chi connectivity index (χ2n) is 7.02. The Kier molecular flexibility index (Phi) is 8.08. The molecule has 2 rings (SSSR count). The number of hydrogen-bond donors (Lipinski definition) is 2. The molecule has 0 saturated heterocycles. The zero-order valence-electron chi connectivity index (χ0n) is 17.3. The summed E-state index contributed by atoms with van der Waals surface area (Å²) >= 11 is 0. The van der Waals surface area contributed by atoms with E-state index in [-0.39, 0.29) is 18.0 Å². The van der Waals surface area contributed by atoms with Crippen LogP contribution in [0.4, 0.5) is 13.2 Å². The molecule has 8 heteroatoms. The maximum Gasteiger partial charge on any atom is 0.416 e.